The van der Waals surface area contributed by atoms with Gasteiger partial charge in [0.2, 0.25) is 5.91 Å². The van der Waals surface area contributed by atoms with Crippen LogP contribution in [0.2, 0.25) is 0 Å². The van der Waals surface area contributed by atoms with E-state index >= 15 is 0 Å². The average Bonchev–Trinajstić information content (AvgIpc) is 2.78. The Morgan fingerprint density at radius 1 is 1.00 bits per heavy atom. The quantitative estimate of drug-likeness (QED) is 0.672. The monoisotopic (exact) mass is 466 g/mol. The molecule has 0 aliphatic carbocycles. The second-order valence-electron chi connectivity index (χ2n) is 10.4. The zero-order chi connectivity index (χ0) is 25.1. The fourth-order valence-corrected chi connectivity index (χ4v) is 3.72. The summed E-state index contributed by atoms with van der Waals surface area (Å²) in [7, 11) is 0. The van der Waals surface area contributed by atoms with E-state index in [1.54, 1.807) is 31.0 Å². The van der Waals surface area contributed by atoms with Crippen molar-refractivity contribution >= 4 is 29.3 Å². The van der Waals surface area contributed by atoms with E-state index in [0.29, 0.717) is 31.7 Å². The number of nitrogens with one attached hydrogen (secondary N) is 1. The van der Waals surface area contributed by atoms with Crippen molar-refractivity contribution in [1.29, 1.82) is 0 Å². The zero-order valence-corrected chi connectivity index (χ0v) is 20.6. The summed E-state index contributed by atoms with van der Waals surface area (Å²) in [5, 5.41) is 12.2. The fraction of sp³-hybridized carbons (Fsp3) is 0.462. The third kappa shape index (κ3) is 6.12. The number of carboxylic acids is 1. The highest BCUT2D eigenvalue weighted by Gasteiger charge is 2.33. The van der Waals surface area contributed by atoms with Gasteiger partial charge in [0.05, 0.1) is 11.0 Å². The summed E-state index contributed by atoms with van der Waals surface area (Å²) in [4.78, 5) is 44.7. The van der Waals surface area contributed by atoms with Crippen LogP contribution < -0.4 is 10.2 Å². The van der Waals surface area contributed by atoms with Gasteiger partial charge in [0.15, 0.2) is 0 Å². The number of aromatic nitrogens is 1. The maximum atomic E-state index is 12.7. The molecule has 2 amide bonds. The molecule has 8 nitrogen and oxygen atoms in total. The van der Waals surface area contributed by atoms with Crippen molar-refractivity contribution in [2.75, 3.05) is 36.4 Å². The fourth-order valence-electron chi connectivity index (χ4n) is 3.72. The maximum absolute atomic E-state index is 12.7. The summed E-state index contributed by atoms with van der Waals surface area (Å²) in [6.07, 6.45) is 1.54. The number of carbonyl (C=O) groups is 3. The normalized spacial score (nSPS) is 14.6. The number of hydrogen-bond acceptors (Lipinski definition) is 5. The number of aliphatic carboxylic acids is 1. The predicted octanol–water partition coefficient (Wildman–Crippen LogP) is 3.78. The molecular formula is C26H34N4O4. The van der Waals surface area contributed by atoms with E-state index < -0.39 is 11.4 Å². The summed E-state index contributed by atoms with van der Waals surface area (Å²) in [5.41, 5.74) is 1.26. The molecule has 0 spiro atoms. The second kappa shape index (κ2) is 9.83. The Kier molecular flexibility index (Phi) is 7.29. The number of pyridine rings is 1. The van der Waals surface area contributed by atoms with Crippen LogP contribution >= 0.6 is 0 Å². The van der Waals surface area contributed by atoms with Crippen LogP contribution in [0.5, 0.6) is 0 Å². The smallest absolute Gasteiger partial charge is 0.309 e. The Hall–Kier alpha value is -3.42. The Balaban J connectivity index is 1.57. The Morgan fingerprint density at radius 2 is 1.68 bits per heavy atom. The SMILES string of the molecule is CC(C)(CC(=O)N1CCN(c2ccc(C(=O)Nc3cccc(C(C)(C)C)c3)cn2)CC1)C(=O)O. The molecule has 0 saturated carbocycles. The Labute approximate surface area is 201 Å². The van der Waals surface area contributed by atoms with Gasteiger partial charge < -0.3 is 20.2 Å². The molecule has 1 aromatic heterocycles. The average molecular weight is 467 g/mol. The largest absolute Gasteiger partial charge is 0.481 e. The molecule has 1 aliphatic rings. The standard InChI is InChI=1S/C26H34N4O4/c1-25(2,3)19-7-6-8-20(15-19)28-23(32)18-9-10-21(27-17-18)29-11-13-30(14-12-29)22(31)16-26(4,5)24(33)34/h6-10,15,17H,11-14,16H2,1-5H3,(H,28,32)(H,33,34). The minimum Gasteiger partial charge on any atom is -0.481 e. The van der Waals surface area contributed by atoms with Crippen LogP contribution in [0, 0.1) is 5.41 Å². The van der Waals surface area contributed by atoms with Gasteiger partial charge in [-0.1, -0.05) is 32.9 Å². The molecule has 0 radical (unpaired) electrons. The number of carbonyl (C=O) groups excluding carboxylic acids is 2. The van der Waals surface area contributed by atoms with E-state index in [4.69, 9.17) is 0 Å². The molecular weight excluding hydrogens is 432 g/mol. The number of benzene rings is 1. The number of carboxylic acid groups (broad SMARTS) is 1. The number of nitrogens with zero attached hydrogens (tertiary/aromatic N) is 3. The Morgan fingerprint density at radius 3 is 2.24 bits per heavy atom. The van der Waals surface area contributed by atoms with E-state index in [0.717, 1.165) is 17.1 Å². The highest BCUT2D eigenvalue weighted by molar-refractivity contribution is 6.04. The molecule has 0 unspecified atom stereocenters. The van der Waals surface area contributed by atoms with Crippen LogP contribution in [0.15, 0.2) is 42.6 Å². The summed E-state index contributed by atoms with van der Waals surface area (Å²) in [6.45, 7) is 11.7. The number of piperazine rings is 1. The summed E-state index contributed by atoms with van der Waals surface area (Å²) < 4.78 is 0. The lowest BCUT2D eigenvalue weighted by atomic mass is 9.87. The lowest BCUT2D eigenvalue weighted by Crippen LogP contribution is -2.50. The number of rotatable bonds is 6. The molecule has 2 N–H and O–H groups in total. The van der Waals surface area contributed by atoms with Crippen LogP contribution in [0.3, 0.4) is 0 Å². The first kappa shape index (κ1) is 25.2. The molecule has 1 aromatic carbocycles. The van der Waals surface area contributed by atoms with Crippen molar-refractivity contribution < 1.29 is 19.5 Å². The molecule has 3 rings (SSSR count). The van der Waals surface area contributed by atoms with E-state index in [-0.39, 0.29) is 23.7 Å². The van der Waals surface area contributed by atoms with E-state index in [2.05, 4.69) is 36.0 Å². The van der Waals surface area contributed by atoms with E-state index in [9.17, 15) is 19.5 Å². The van der Waals surface area contributed by atoms with Crippen LogP contribution in [0.1, 0.15) is 57.0 Å². The minimum atomic E-state index is -1.08. The first-order valence-corrected chi connectivity index (χ1v) is 11.5. The van der Waals surface area contributed by atoms with Gasteiger partial charge in [0, 0.05) is 44.5 Å². The highest BCUT2D eigenvalue weighted by atomic mass is 16.4. The summed E-state index contributed by atoms with van der Waals surface area (Å²) >= 11 is 0. The molecule has 2 heterocycles. The van der Waals surface area contributed by atoms with Crippen LogP contribution in [0.25, 0.3) is 0 Å². The van der Waals surface area contributed by atoms with Crippen molar-refractivity contribution in [3.8, 4) is 0 Å². The summed E-state index contributed by atoms with van der Waals surface area (Å²) in [5.74, 6) is -0.608. The van der Waals surface area contributed by atoms with Gasteiger partial charge in [-0.3, -0.25) is 14.4 Å². The number of hydrogen-bond donors (Lipinski definition) is 2. The predicted molar refractivity (Wildman–Crippen MR) is 132 cm³/mol. The van der Waals surface area contributed by atoms with E-state index in [1.165, 1.54) is 0 Å². The molecule has 0 atom stereocenters. The van der Waals surface area contributed by atoms with Crippen molar-refractivity contribution in [3.05, 3.63) is 53.7 Å². The first-order chi connectivity index (χ1) is 15.9. The second-order valence-corrected chi connectivity index (χ2v) is 10.4. The van der Waals surface area contributed by atoms with Crippen molar-refractivity contribution in [3.63, 3.8) is 0 Å². The van der Waals surface area contributed by atoms with Crippen LogP contribution in [-0.4, -0.2) is 59.0 Å². The molecule has 2 aromatic rings. The maximum Gasteiger partial charge on any atom is 0.309 e. The number of anilines is 2. The zero-order valence-electron chi connectivity index (χ0n) is 20.6. The third-order valence-corrected chi connectivity index (χ3v) is 6.13. The first-order valence-electron chi connectivity index (χ1n) is 11.5. The van der Waals surface area contributed by atoms with Gasteiger partial charge in [-0.25, -0.2) is 4.98 Å². The van der Waals surface area contributed by atoms with Crippen LogP contribution in [0.4, 0.5) is 11.5 Å². The van der Waals surface area contributed by atoms with Crippen molar-refractivity contribution in [2.45, 2.75) is 46.5 Å². The van der Waals surface area contributed by atoms with Gasteiger partial charge in [0.25, 0.3) is 5.91 Å². The molecule has 34 heavy (non-hydrogen) atoms. The lowest BCUT2D eigenvalue weighted by Gasteiger charge is -2.36. The van der Waals surface area contributed by atoms with Gasteiger partial charge in [-0.2, -0.15) is 0 Å². The lowest BCUT2D eigenvalue weighted by molar-refractivity contribution is -0.151. The van der Waals surface area contributed by atoms with Gasteiger partial charge in [-0.05, 0) is 49.1 Å². The number of amides is 2. The van der Waals surface area contributed by atoms with Gasteiger partial charge in [0.1, 0.15) is 5.82 Å². The third-order valence-electron chi connectivity index (χ3n) is 6.13. The molecule has 8 heteroatoms. The van der Waals surface area contributed by atoms with Gasteiger partial charge in [-0.15, -0.1) is 0 Å². The molecule has 182 valence electrons. The molecule has 0 bridgehead atoms. The van der Waals surface area contributed by atoms with Crippen molar-refractivity contribution in [2.24, 2.45) is 5.41 Å². The summed E-state index contributed by atoms with van der Waals surface area (Å²) in [6, 6.07) is 11.4. The molecule has 1 aliphatic heterocycles. The van der Waals surface area contributed by atoms with Gasteiger partial charge >= 0.3 is 5.97 Å². The van der Waals surface area contributed by atoms with Crippen molar-refractivity contribution in [1.82, 2.24) is 9.88 Å². The highest BCUT2D eigenvalue weighted by Crippen LogP contribution is 2.25. The minimum absolute atomic E-state index is 0.00889. The molecule has 1 fully saturated rings. The van der Waals surface area contributed by atoms with Crippen LogP contribution in [-0.2, 0) is 15.0 Å². The van der Waals surface area contributed by atoms with E-state index in [1.807, 2.05) is 30.3 Å². The molecule has 1 saturated heterocycles. The Bertz CT molecular complexity index is 1050. The topological polar surface area (TPSA) is 103 Å².